The first-order valence-corrected chi connectivity index (χ1v) is 12.9. The maximum Gasteiger partial charge on any atom is 0.647 e. The van der Waals surface area contributed by atoms with Gasteiger partial charge in [0.15, 0.2) is 17.2 Å². The van der Waals surface area contributed by atoms with Crippen LogP contribution in [0.2, 0.25) is 45.2 Å². The molecule has 0 aliphatic rings. The molecule has 4 nitrogen and oxygen atoms in total. The molecule has 14 heteroatoms. The van der Waals surface area contributed by atoms with Crippen LogP contribution in [0.4, 0.5) is 0 Å². The highest BCUT2D eigenvalue weighted by atomic mass is 35.5. The number of halogens is 9. The lowest BCUT2D eigenvalue weighted by Crippen LogP contribution is -2.09. The molecular weight excluding hydrogens is 630 g/mol. The van der Waals surface area contributed by atoms with Crippen molar-refractivity contribution in [3.05, 3.63) is 81.6 Å². The molecule has 0 fully saturated rings. The van der Waals surface area contributed by atoms with Crippen molar-refractivity contribution in [1.29, 1.82) is 0 Å². The van der Waals surface area contributed by atoms with Crippen molar-refractivity contribution < 1.29 is 18.1 Å². The third kappa shape index (κ3) is 6.31. The molecule has 0 aliphatic carbocycles. The van der Waals surface area contributed by atoms with Gasteiger partial charge in [-0.2, -0.15) is 4.57 Å². The molecule has 0 amide bonds. The molecule has 32 heavy (non-hydrogen) atoms. The highest BCUT2D eigenvalue weighted by molar-refractivity contribution is 7.49. The van der Waals surface area contributed by atoms with Crippen LogP contribution in [0, 0.1) is 0 Å². The van der Waals surface area contributed by atoms with Crippen molar-refractivity contribution in [1.82, 2.24) is 0 Å². The van der Waals surface area contributed by atoms with E-state index >= 15 is 0 Å². The first-order valence-electron chi connectivity index (χ1n) is 8.01. The van der Waals surface area contributed by atoms with Gasteiger partial charge in [-0.3, -0.25) is 0 Å². The Hall–Kier alpha value is -0.100. The molecule has 0 bridgehead atoms. The SMILES string of the molecule is O=P(Oc1cc(Cl)cc(Cl)c1Cl)(Oc1cc(Cl)cc(Cl)c1Cl)Oc1cc(Cl)cc(Cl)c1Cl. The van der Waals surface area contributed by atoms with Crippen molar-refractivity contribution >= 4 is 112 Å². The molecule has 3 aromatic carbocycles. The van der Waals surface area contributed by atoms with E-state index in [9.17, 15) is 4.57 Å². The summed E-state index contributed by atoms with van der Waals surface area (Å²) in [5, 5.41) is 0.114. The largest absolute Gasteiger partial charge is 0.647 e. The Morgan fingerprint density at radius 2 is 0.719 bits per heavy atom. The average molecular weight is 636 g/mol. The van der Waals surface area contributed by atoms with Gasteiger partial charge in [0.1, 0.15) is 15.1 Å². The molecule has 0 unspecified atom stereocenters. The fourth-order valence-electron chi connectivity index (χ4n) is 2.21. The Morgan fingerprint density at radius 3 is 0.969 bits per heavy atom. The van der Waals surface area contributed by atoms with E-state index in [4.69, 9.17) is 118 Å². The maximum absolute atomic E-state index is 13.7. The molecule has 0 spiro atoms. The van der Waals surface area contributed by atoms with E-state index in [1.165, 1.54) is 36.4 Å². The Bertz CT molecular complexity index is 1100. The molecule has 0 radical (unpaired) electrons. The van der Waals surface area contributed by atoms with Gasteiger partial charge in [0.25, 0.3) is 0 Å². The number of hydrogen-bond donors (Lipinski definition) is 0. The summed E-state index contributed by atoms with van der Waals surface area (Å²) < 4.78 is 30.2. The quantitative estimate of drug-likeness (QED) is 0.200. The fraction of sp³-hybridized carbons (Fsp3) is 0. The molecule has 3 rings (SSSR count). The lowest BCUT2D eigenvalue weighted by atomic mass is 10.3. The summed E-state index contributed by atoms with van der Waals surface area (Å²) in [5.74, 6) is -0.664. The van der Waals surface area contributed by atoms with Gasteiger partial charge < -0.3 is 13.6 Å². The third-order valence-electron chi connectivity index (χ3n) is 3.51. The van der Waals surface area contributed by atoms with Crippen LogP contribution >= 0.6 is 112 Å². The first-order chi connectivity index (χ1) is 14.9. The number of rotatable bonds is 6. The monoisotopic (exact) mass is 632 g/mol. The van der Waals surface area contributed by atoms with E-state index in [0.29, 0.717) is 0 Å². The van der Waals surface area contributed by atoms with Crippen LogP contribution in [0.15, 0.2) is 36.4 Å². The third-order valence-corrected chi connectivity index (χ3v) is 7.78. The standard InChI is InChI=1S/C18H6Cl9O4P/c19-7-1-10(22)16(25)13(4-7)29-32(28,30-14-5-8(20)2-11(23)17(14)26)31-15-6-9(21)3-12(24)18(15)27/h1-6H. The van der Waals surface area contributed by atoms with Crippen LogP contribution in [0.25, 0.3) is 0 Å². The van der Waals surface area contributed by atoms with Gasteiger partial charge in [-0.25, -0.2) is 0 Å². The van der Waals surface area contributed by atoms with Crippen molar-refractivity contribution in [2.45, 2.75) is 0 Å². The molecule has 170 valence electrons. The number of hydrogen-bond acceptors (Lipinski definition) is 4. The van der Waals surface area contributed by atoms with Crippen molar-refractivity contribution in [2.24, 2.45) is 0 Å². The summed E-state index contributed by atoms with van der Waals surface area (Å²) in [5.41, 5.74) is 0. The van der Waals surface area contributed by atoms with Gasteiger partial charge in [0.05, 0.1) is 15.1 Å². The van der Waals surface area contributed by atoms with Gasteiger partial charge in [0, 0.05) is 33.3 Å². The second-order valence-corrected chi connectivity index (χ2v) is 10.9. The average Bonchev–Trinajstić information content (AvgIpc) is 2.67. The lowest BCUT2D eigenvalue weighted by Gasteiger charge is -2.22. The molecule has 0 atom stereocenters. The van der Waals surface area contributed by atoms with Crippen LogP contribution < -0.4 is 13.6 Å². The molecule has 0 aromatic heterocycles. The van der Waals surface area contributed by atoms with E-state index in [0.717, 1.165) is 0 Å². The van der Waals surface area contributed by atoms with E-state index in [1.807, 2.05) is 0 Å². The predicted octanol–water partition coefficient (Wildman–Crippen LogP) is 11.2. The Kier molecular flexibility index (Phi) is 8.83. The summed E-state index contributed by atoms with van der Waals surface area (Å²) in [6, 6.07) is 7.79. The van der Waals surface area contributed by atoms with Gasteiger partial charge in [-0.1, -0.05) is 104 Å². The van der Waals surface area contributed by atoms with Gasteiger partial charge >= 0.3 is 7.82 Å². The Labute approximate surface area is 227 Å². The van der Waals surface area contributed by atoms with E-state index in [2.05, 4.69) is 0 Å². The molecule has 0 saturated carbocycles. The minimum absolute atomic E-state index is 0.0216. The molecular formula is C18H6Cl9O4P. The highest BCUT2D eigenvalue weighted by Crippen LogP contribution is 2.55. The minimum atomic E-state index is -4.69. The fourth-order valence-corrected chi connectivity index (χ4v) is 5.51. The van der Waals surface area contributed by atoms with Gasteiger partial charge in [-0.15, -0.1) is 0 Å². The van der Waals surface area contributed by atoms with Crippen molar-refractivity contribution in [2.75, 3.05) is 0 Å². The Morgan fingerprint density at radius 1 is 0.469 bits per heavy atom. The van der Waals surface area contributed by atoms with Crippen LogP contribution in [0.1, 0.15) is 0 Å². The summed E-state index contributed by atoms with van der Waals surface area (Å²) in [6.45, 7) is 0. The maximum atomic E-state index is 13.7. The van der Waals surface area contributed by atoms with Crippen LogP contribution in [-0.4, -0.2) is 0 Å². The van der Waals surface area contributed by atoms with Crippen molar-refractivity contribution in [3.8, 4) is 17.2 Å². The smallest absolute Gasteiger partial charge is 0.384 e. The molecule has 0 aliphatic heterocycles. The molecule has 3 aromatic rings. The zero-order chi connectivity index (χ0) is 23.8. The lowest BCUT2D eigenvalue weighted by molar-refractivity contribution is 0.298. The summed E-state index contributed by atoms with van der Waals surface area (Å²) >= 11 is 54.5. The Balaban J connectivity index is 2.12. The molecule has 0 N–H and O–H groups in total. The normalized spacial score (nSPS) is 11.4. The second-order valence-electron chi connectivity index (χ2n) is 5.82. The zero-order valence-corrected chi connectivity index (χ0v) is 22.6. The van der Waals surface area contributed by atoms with E-state index in [-0.39, 0.29) is 62.5 Å². The van der Waals surface area contributed by atoms with Gasteiger partial charge in [-0.05, 0) is 18.2 Å². The van der Waals surface area contributed by atoms with Crippen LogP contribution in [0.3, 0.4) is 0 Å². The van der Waals surface area contributed by atoms with E-state index < -0.39 is 7.82 Å². The predicted molar refractivity (Wildman–Crippen MR) is 134 cm³/mol. The summed E-state index contributed by atoms with van der Waals surface area (Å²) in [6.07, 6.45) is 0. The van der Waals surface area contributed by atoms with Gasteiger partial charge in [0.2, 0.25) is 0 Å². The summed E-state index contributed by atoms with van der Waals surface area (Å²) in [7, 11) is -4.69. The second kappa shape index (κ2) is 10.7. The number of phosphoric acid groups is 1. The van der Waals surface area contributed by atoms with Crippen LogP contribution in [0.5, 0.6) is 17.2 Å². The topological polar surface area (TPSA) is 44.8 Å². The summed E-state index contributed by atoms with van der Waals surface area (Å²) in [4.78, 5) is 0. The van der Waals surface area contributed by atoms with E-state index in [1.54, 1.807) is 0 Å². The molecule has 0 heterocycles. The first kappa shape index (κ1) is 26.5. The molecule has 0 saturated heterocycles. The number of benzene rings is 3. The highest BCUT2D eigenvalue weighted by Gasteiger charge is 2.37. The van der Waals surface area contributed by atoms with Crippen molar-refractivity contribution in [3.63, 3.8) is 0 Å². The minimum Gasteiger partial charge on any atom is -0.384 e. The zero-order valence-electron chi connectivity index (χ0n) is 14.9. The van der Waals surface area contributed by atoms with Crippen LogP contribution in [-0.2, 0) is 4.57 Å². The number of phosphoric ester groups is 1.